The van der Waals surface area contributed by atoms with Gasteiger partial charge in [0.2, 0.25) is 10.0 Å². The number of rotatable bonds is 6. The molecular weight excluding hydrogens is 288 g/mol. The van der Waals surface area contributed by atoms with Gasteiger partial charge in [-0.15, -0.1) is 0 Å². The zero-order valence-electron chi connectivity index (χ0n) is 12.8. The molecule has 1 fully saturated rings. The number of sulfonamides is 1. The number of methoxy groups -OCH3 is 1. The minimum Gasteiger partial charge on any atom is -0.497 e. The average Bonchev–Trinajstić information content (AvgIpc) is 2.47. The molecule has 0 aliphatic carbocycles. The van der Waals surface area contributed by atoms with E-state index in [2.05, 4.69) is 17.0 Å². The molecule has 0 spiro atoms. The molecule has 5 nitrogen and oxygen atoms in total. The van der Waals surface area contributed by atoms with Crippen molar-refractivity contribution < 1.29 is 13.2 Å². The summed E-state index contributed by atoms with van der Waals surface area (Å²) < 4.78 is 29.7. The van der Waals surface area contributed by atoms with Gasteiger partial charge >= 0.3 is 0 Å². The number of benzene rings is 1. The smallest absolute Gasteiger partial charge is 0.211 e. The van der Waals surface area contributed by atoms with Crippen molar-refractivity contribution in [1.82, 2.24) is 9.21 Å². The summed E-state index contributed by atoms with van der Waals surface area (Å²) in [4.78, 5) is 2.34. The molecule has 0 aromatic heterocycles. The van der Waals surface area contributed by atoms with Crippen LogP contribution in [0.1, 0.15) is 12.0 Å². The topological polar surface area (TPSA) is 49.9 Å². The highest BCUT2D eigenvalue weighted by Gasteiger charge is 2.22. The molecule has 0 amide bonds. The first-order valence-corrected chi connectivity index (χ1v) is 9.14. The number of hydrogen-bond acceptors (Lipinski definition) is 4. The van der Waals surface area contributed by atoms with Crippen molar-refractivity contribution in [3.05, 3.63) is 29.8 Å². The lowest BCUT2D eigenvalue weighted by molar-refractivity contribution is 0.187. The molecule has 21 heavy (non-hydrogen) atoms. The van der Waals surface area contributed by atoms with Gasteiger partial charge < -0.3 is 9.64 Å². The van der Waals surface area contributed by atoms with Crippen LogP contribution in [0.15, 0.2) is 24.3 Å². The molecule has 1 heterocycles. The molecule has 118 valence electrons. The number of piperazine rings is 1. The summed E-state index contributed by atoms with van der Waals surface area (Å²) in [5, 5.41) is 0. The Labute approximate surface area is 127 Å². The second kappa shape index (κ2) is 7.24. The Balaban J connectivity index is 1.72. The summed E-state index contributed by atoms with van der Waals surface area (Å²) in [5.74, 6) is 0.897. The molecule has 6 heteroatoms. The van der Waals surface area contributed by atoms with Gasteiger partial charge in [0.1, 0.15) is 5.75 Å². The van der Waals surface area contributed by atoms with Gasteiger partial charge in [-0.05, 0) is 37.1 Å². The van der Waals surface area contributed by atoms with E-state index in [1.165, 1.54) is 11.8 Å². The third-order valence-electron chi connectivity index (χ3n) is 3.87. The van der Waals surface area contributed by atoms with Crippen molar-refractivity contribution in [1.29, 1.82) is 0 Å². The van der Waals surface area contributed by atoms with Crippen LogP contribution in [-0.2, 0) is 16.4 Å². The lowest BCUT2D eigenvalue weighted by Crippen LogP contribution is -2.48. The van der Waals surface area contributed by atoms with Crippen molar-refractivity contribution in [2.45, 2.75) is 12.8 Å². The number of nitrogens with zero attached hydrogens (tertiary/aromatic N) is 2. The highest BCUT2D eigenvalue weighted by Crippen LogP contribution is 2.14. The molecule has 1 aromatic rings. The summed E-state index contributed by atoms with van der Waals surface area (Å²) in [6, 6.07) is 8.15. The average molecular weight is 312 g/mol. The largest absolute Gasteiger partial charge is 0.497 e. The maximum atomic E-state index is 11.4. The molecule has 1 aromatic carbocycles. The maximum absolute atomic E-state index is 11.4. The van der Waals surface area contributed by atoms with Gasteiger partial charge in [0, 0.05) is 26.2 Å². The standard InChI is InChI=1S/C15H24N2O3S/c1-20-15-7-3-5-14(13-15)6-4-8-16-9-11-17(12-10-16)21(2,18)19/h3,5,7,13H,4,6,8-12H2,1-2H3. The summed E-state index contributed by atoms with van der Waals surface area (Å²) in [7, 11) is -1.35. The van der Waals surface area contributed by atoms with Gasteiger partial charge in [0.25, 0.3) is 0 Å². The molecule has 0 unspecified atom stereocenters. The van der Waals surface area contributed by atoms with Crippen LogP contribution in [0.2, 0.25) is 0 Å². The molecule has 1 saturated heterocycles. The predicted molar refractivity (Wildman–Crippen MR) is 84.2 cm³/mol. The van der Waals surface area contributed by atoms with E-state index in [1.54, 1.807) is 11.4 Å². The SMILES string of the molecule is COc1cccc(CCCN2CCN(S(C)(=O)=O)CC2)c1. The van der Waals surface area contributed by atoms with Crippen LogP contribution < -0.4 is 4.74 Å². The van der Waals surface area contributed by atoms with Gasteiger partial charge in [-0.25, -0.2) is 8.42 Å². The summed E-state index contributed by atoms with van der Waals surface area (Å²) in [6.45, 7) is 3.88. The fourth-order valence-corrected chi connectivity index (χ4v) is 3.45. The maximum Gasteiger partial charge on any atom is 0.211 e. The van der Waals surface area contributed by atoms with Crippen LogP contribution in [0.5, 0.6) is 5.75 Å². The first kappa shape index (κ1) is 16.3. The Kier molecular flexibility index (Phi) is 5.61. The van der Waals surface area contributed by atoms with Crippen LogP contribution in [0.3, 0.4) is 0 Å². The molecular formula is C15H24N2O3S. The van der Waals surface area contributed by atoms with Crippen molar-refractivity contribution in [2.24, 2.45) is 0 Å². The van der Waals surface area contributed by atoms with Gasteiger partial charge in [-0.3, -0.25) is 0 Å². The van der Waals surface area contributed by atoms with E-state index in [0.29, 0.717) is 13.1 Å². The van der Waals surface area contributed by atoms with Gasteiger partial charge in [0.05, 0.1) is 13.4 Å². The molecule has 1 aliphatic rings. The molecule has 2 rings (SSSR count). The lowest BCUT2D eigenvalue weighted by Gasteiger charge is -2.33. The Bertz CT molecular complexity index is 552. The lowest BCUT2D eigenvalue weighted by atomic mass is 10.1. The highest BCUT2D eigenvalue weighted by atomic mass is 32.2. The van der Waals surface area contributed by atoms with Crippen molar-refractivity contribution in [2.75, 3.05) is 46.1 Å². The van der Waals surface area contributed by atoms with E-state index in [1.807, 2.05) is 12.1 Å². The van der Waals surface area contributed by atoms with E-state index in [-0.39, 0.29) is 0 Å². The van der Waals surface area contributed by atoms with E-state index in [4.69, 9.17) is 4.74 Å². The number of hydrogen-bond donors (Lipinski definition) is 0. The minimum atomic E-state index is -3.03. The fourth-order valence-electron chi connectivity index (χ4n) is 2.62. The fraction of sp³-hybridized carbons (Fsp3) is 0.600. The minimum absolute atomic E-state index is 0.609. The van der Waals surface area contributed by atoms with Crippen molar-refractivity contribution >= 4 is 10.0 Å². The summed E-state index contributed by atoms with van der Waals surface area (Å²) in [5.41, 5.74) is 1.28. The number of aryl methyl sites for hydroxylation is 1. The highest BCUT2D eigenvalue weighted by molar-refractivity contribution is 7.88. The van der Waals surface area contributed by atoms with E-state index in [0.717, 1.165) is 38.2 Å². The van der Waals surface area contributed by atoms with Gasteiger partial charge in [-0.2, -0.15) is 4.31 Å². The van der Waals surface area contributed by atoms with E-state index in [9.17, 15) is 8.42 Å². The molecule has 0 radical (unpaired) electrons. The molecule has 0 bridgehead atoms. The normalized spacial score (nSPS) is 17.8. The Morgan fingerprint density at radius 2 is 1.90 bits per heavy atom. The predicted octanol–water partition coefficient (Wildman–Crippen LogP) is 1.20. The number of ether oxygens (including phenoxy) is 1. The van der Waals surface area contributed by atoms with Crippen molar-refractivity contribution in [3.63, 3.8) is 0 Å². The summed E-state index contributed by atoms with van der Waals surface area (Å²) in [6.07, 6.45) is 3.38. The van der Waals surface area contributed by atoms with Gasteiger partial charge in [-0.1, -0.05) is 12.1 Å². The quantitative estimate of drug-likeness (QED) is 0.792. The molecule has 1 aliphatic heterocycles. The van der Waals surface area contributed by atoms with Crippen LogP contribution in [-0.4, -0.2) is 63.7 Å². The van der Waals surface area contributed by atoms with Crippen LogP contribution in [0.25, 0.3) is 0 Å². The third-order valence-corrected chi connectivity index (χ3v) is 5.18. The van der Waals surface area contributed by atoms with Crippen molar-refractivity contribution in [3.8, 4) is 5.75 Å². The Hall–Kier alpha value is -1.11. The first-order chi connectivity index (χ1) is 9.99. The second-order valence-corrected chi connectivity index (χ2v) is 7.44. The van der Waals surface area contributed by atoms with Crippen LogP contribution in [0, 0.1) is 0 Å². The molecule has 0 N–H and O–H groups in total. The second-order valence-electron chi connectivity index (χ2n) is 5.46. The van der Waals surface area contributed by atoms with Crippen LogP contribution in [0.4, 0.5) is 0 Å². The third kappa shape index (κ3) is 4.98. The zero-order chi connectivity index (χ0) is 15.3. The van der Waals surface area contributed by atoms with Crippen LogP contribution >= 0.6 is 0 Å². The Morgan fingerprint density at radius 1 is 1.19 bits per heavy atom. The summed E-state index contributed by atoms with van der Waals surface area (Å²) >= 11 is 0. The first-order valence-electron chi connectivity index (χ1n) is 7.29. The monoisotopic (exact) mass is 312 g/mol. The Morgan fingerprint density at radius 3 is 2.52 bits per heavy atom. The van der Waals surface area contributed by atoms with Gasteiger partial charge in [0.15, 0.2) is 0 Å². The molecule has 0 atom stereocenters. The van der Waals surface area contributed by atoms with E-state index < -0.39 is 10.0 Å². The van der Waals surface area contributed by atoms with E-state index >= 15 is 0 Å². The molecule has 0 saturated carbocycles. The zero-order valence-corrected chi connectivity index (χ0v) is 13.6.